The van der Waals surface area contributed by atoms with E-state index in [1.807, 2.05) is 24.3 Å². The number of rotatable bonds is 9. The highest BCUT2D eigenvalue weighted by Crippen LogP contribution is 2.35. The summed E-state index contributed by atoms with van der Waals surface area (Å²) in [5.41, 5.74) is 0.655. The van der Waals surface area contributed by atoms with E-state index in [9.17, 15) is 9.59 Å². The third kappa shape index (κ3) is 5.23. The molecule has 0 aromatic heterocycles. The Hall–Kier alpha value is -3.13. The number of methoxy groups -OCH3 is 2. The maximum absolute atomic E-state index is 11.8. The highest BCUT2D eigenvalue weighted by Gasteiger charge is 2.25. The van der Waals surface area contributed by atoms with E-state index in [4.69, 9.17) is 18.9 Å². The van der Waals surface area contributed by atoms with Gasteiger partial charge in [-0.25, -0.2) is 0 Å². The van der Waals surface area contributed by atoms with Gasteiger partial charge in [0.15, 0.2) is 23.0 Å². The second-order valence-electron chi connectivity index (χ2n) is 5.93. The van der Waals surface area contributed by atoms with E-state index in [0.717, 1.165) is 11.8 Å². The molecule has 0 unspecified atom stereocenters. The number of carbonyl (C=O) groups excluding carboxylic acids is 2. The van der Waals surface area contributed by atoms with Gasteiger partial charge in [-0.2, -0.15) is 0 Å². The van der Waals surface area contributed by atoms with Crippen molar-refractivity contribution in [3.63, 3.8) is 0 Å². The molecule has 2 aromatic rings. The van der Waals surface area contributed by atoms with Crippen molar-refractivity contribution >= 4 is 29.0 Å². The molecule has 0 bridgehead atoms. The first kappa shape index (κ1) is 20.6. The molecule has 1 N–H and O–H groups in total. The van der Waals surface area contributed by atoms with Gasteiger partial charge in [0.25, 0.3) is 11.1 Å². The molecular weight excluding hydrogens is 394 g/mol. The number of hydrogen-bond acceptors (Lipinski definition) is 7. The molecule has 1 saturated heterocycles. The summed E-state index contributed by atoms with van der Waals surface area (Å²) >= 11 is 0.857. The Kier molecular flexibility index (Phi) is 7.02. The molecular formula is C21H21NO6S. The summed E-state index contributed by atoms with van der Waals surface area (Å²) in [6.07, 6.45) is 2.24. The van der Waals surface area contributed by atoms with E-state index in [-0.39, 0.29) is 5.24 Å². The van der Waals surface area contributed by atoms with Crippen molar-refractivity contribution in [1.82, 2.24) is 5.32 Å². The fourth-order valence-corrected chi connectivity index (χ4v) is 3.35. The normalized spacial score (nSPS) is 14.6. The molecule has 1 fully saturated rings. The summed E-state index contributed by atoms with van der Waals surface area (Å²) in [7, 11) is 3.14. The SMILES string of the molecule is COc1ccccc1OCCCOc1c(C=C2SC(=O)NC2=O)cccc1OC. The summed E-state index contributed by atoms with van der Waals surface area (Å²) in [5, 5.41) is 1.85. The van der Waals surface area contributed by atoms with E-state index in [1.165, 1.54) is 0 Å². The van der Waals surface area contributed by atoms with Crippen LogP contribution in [-0.2, 0) is 4.79 Å². The number of thioether (sulfide) groups is 1. The molecule has 29 heavy (non-hydrogen) atoms. The fraction of sp³-hybridized carbons (Fsp3) is 0.238. The van der Waals surface area contributed by atoms with E-state index in [0.29, 0.717) is 53.1 Å². The van der Waals surface area contributed by atoms with Gasteiger partial charge < -0.3 is 18.9 Å². The number of imide groups is 1. The van der Waals surface area contributed by atoms with Crippen molar-refractivity contribution in [3.05, 3.63) is 52.9 Å². The Balaban J connectivity index is 1.63. The van der Waals surface area contributed by atoms with Crippen LogP contribution in [-0.4, -0.2) is 38.6 Å². The highest BCUT2D eigenvalue weighted by molar-refractivity contribution is 8.18. The molecule has 0 saturated carbocycles. The summed E-state index contributed by atoms with van der Waals surface area (Å²) in [6, 6.07) is 12.8. The first-order valence-corrected chi connectivity index (χ1v) is 9.74. The number of carbonyl (C=O) groups is 2. The lowest BCUT2D eigenvalue weighted by molar-refractivity contribution is -0.115. The van der Waals surface area contributed by atoms with Crippen molar-refractivity contribution in [1.29, 1.82) is 0 Å². The largest absolute Gasteiger partial charge is 0.493 e. The fourth-order valence-electron chi connectivity index (χ4n) is 2.68. The first-order valence-electron chi connectivity index (χ1n) is 8.93. The molecule has 0 aliphatic carbocycles. The standard InChI is InChI=1S/C21H21NO6S/c1-25-15-8-3-4-9-16(15)27-11-6-12-28-19-14(7-5-10-17(19)26-2)13-18-20(23)22-21(24)29-18/h3-5,7-10,13H,6,11-12H2,1-2H3,(H,22,23,24). The summed E-state index contributed by atoms with van der Waals surface area (Å²) in [4.78, 5) is 23.5. The van der Waals surface area contributed by atoms with Crippen molar-refractivity contribution in [2.24, 2.45) is 0 Å². The topological polar surface area (TPSA) is 83.1 Å². The minimum absolute atomic E-state index is 0.313. The maximum atomic E-state index is 11.8. The lowest BCUT2D eigenvalue weighted by Gasteiger charge is -2.14. The number of amides is 2. The number of hydrogen-bond donors (Lipinski definition) is 1. The van der Waals surface area contributed by atoms with Gasteiger partial charge in [0.1, 0.15) is 0 Å². The molecule has 0 radical (unpaired) electrons. The van der Waals surface area contributed by atoms with E-state index < -0.39 is 5.91 Å². The third-order valence-electron chi connectivity index (χ3n) is 4.02. The second-order valence-corrected chi connectivity index (χ2v) is 6.95. The quantitative estimate of drug-likeness (QED) is 0.492. The van der Waals surface area contributed by atoms with Crippen molar-refractivity contribution in [2.75, 3.05) is 27.4 Å². The van der Waals surface area contributed by atoms with Crippen LogP contribution in [0.3, 0.4) is 0 Å². The van der Waals surface area contributed by atoms with Crippen LogP contribution in [0.5, 0.6) is 23.0 Å². The highest BCUT2D eigenvalue weighted by atomic mass is 32.2. The van der Waals surface area contributed by atoms with Crippen LogP contribution in [0.1, 0.15) is 12.0 Å². The minimum Gasteiger partial charge on any atom is -0.493 e. The van der Waals surface area contributed by atoms with Crippen LogP contribution in [0.2, 0.25) is 0 Å². The minimum atomic E-state index is -0.418. The number of ether oxygens (including phenoxy) is 4. The van der Waals surface area contributed by atoms with Gasteiger partial charge in [0, 0.05) is 12.0 Å². The van der Waals surface area contributed by atoms with Crippen molar-refractivity contribution < 1.29 is 28.5 Å². The average Bonchev–Trinajstić information content (AvgIpc) is 3.05. The maximum Gasteiger partial charge on any atom is 0.290 e. The zero-order valence-electron chi connectivity index (χ0n) is 16.1. The molecule has 1 aliphatic rings. The van der Waals surface area contributed by atoms with E-state index >= 15 is 0 Å². The smallest absolute Gasteiger partial charge is 0.290 e. The lowest BCUT2D eigenvalue weighted by atomic mass is 10.1. The van der Waals surface area contributed by atoms with E-state index in [1.54, 1.807) is 38.5 Å². The molecule has 1 heterocycles. The van der Waals surface area contributed by atoms with Crippen LogP contribution < -0.4 is 24.3 Å². The van der Waals surface area contributed by atoms with E-state index in [2.05, 4.69) is 5.32 Å². The second kappa shape index (κ2) is 9.88. The predicted octanol–water partition coefficient (Wildman–Crippen LogP) is 3.88. The van der Waals surface area contributed by atoms with Crippen LogP contribution in [0.4, 0.5) is 4.79 Å². The monoisotopic (exact) mass is 415 g/mol. The van der Waals surface area contributed by atoms with Gasteiger partial charge in [-0.1, -0.05) is 24.3 Å². The van der Waals surface area contributed by atoms with Gasteiger partial charge in [0.2, 0.25) is 0 Å². The number of benzene rings is 2. The van der Waals surface area contributed by atoms with Crippen LogP contribution in [0.25, 0.3) is 6.08 Å². The summed E-state index contributed by atoms with van der Waals surface area (Å²) in [5.74, 6) is 1.98. The van der Waals surface area contributed by atoms with Gasteiger partial charge in [-0.15, -0.1) is 0 Å². The third-order valence-corrected chi connectivity index (χ3v) is 4.83. The lowest BCUT2D eigenvalue weighted by Crippen LogP contribution is -2.17. The van der Waals surface area contributed by atoms with Crippen LogP contribution in [0.15, 0.2) is 47.4 Å². The summed E-state index contributed by atoms with van der Waals surface area (Å²) < 4.78 is 22.3. The first-order chi connectivity index (χ1) is 14.1. The Morgan fingerprint density at radius 3 is 2.28 bits per heavy atom. The van der Waals surface area contributed by atoms with Crippen molar-refractivity contribution in [2.45, 2.75) is 6.42 Å². The van der Waals surface area contributed by atoms with Gasteiger partial charge in [0.05, 0.1) is 32.3 Å². The molecule has 3 rings (SSSR count). The average molecular weight is 415 g/mol. The molecule has 2 aromatic carbocycles. The van der Waals surface area contributed by atoms with Crippen LogP contribution in [0, 0.1) is 0 Å². The van der Waals surface area contributed by atoms with Crippen LogP contribution >= 0.6 is 11.8 Å². The molecule has 7 nitrogen and oxygen atoms in total. The Bertz CT molecular complexity index is 927. The zero-order valence-corrected chi connectivity index (χ0v) is 16.9. The Labute approximate surface area is 173 Å². The molecule has 0 spiro atoms. The molecule has 8 heteroatoms. The number of nitrogens with one attached hydrogen (secondary N) is 1. The molecule has 2 amide bonds. The van der Waals surface area contributed by atoms with Gasteiger partial charge >= 0.3 is 0 Å². The van der Waals surface area contributed by atoms with Crippen molar-refractivity contribution in [3.8, 4) is 23.0 Å². The Morgan fingerprint density at radius 1 is 0.897 bits per heavy atom. The van der Waals surface area contributed by atoms with Gasteiger partial charge in [-0.05, 0) is 36.0 Å². The molecule has 1 aliphatic heterocycles. The predicted molar refractivity (Wildman–Crippen MR) is 111 cm³/mol. The zero-order chi connectivity index (χ0) is 20.6. The van der Waals surface area contributed by atoms with Gasteiger partial charge in [-0.3, -0.25) is 14.9 Å². The summed E-state index contributed by atoms with van der Waals surface area (Å²) in [6.45, 7) is 0.822. The number of para-hydroxylation sites is 3. The molecule has 152 valence electrons. The Morgan fingerprint density at radius 2 is 1.59 bits per heavy atom. The molecule has 0 atom stereocenters.